The smallest absolute Gasteiger partial charge is 0.0576 e. The van der Waals surface area contributed by atoms with Crippen molar-refractivity contribution in [2.75, 3.05) is 6.61 Å². The zero-order valence-electron chi connectivity index (χ0n) is 8.93. The van der Waals surface area contributed by atoms with Crippen LogP contribution in [0.4, 0.5) is 0 Å². The molecule has 3 heteroatoms. The Morgan fingerprint density at radius 2 is 2.47 bits per heavy atom. The molecule has 2 unspecified atom stereocenters. The first-order chi connectivity index (χ1) is 7.36. The lowest BCUT2D eigenvalue weighted by Gasteiger charge is -2.13. The van der Waals surface area contributed by atoms with E-state index in [1.54, 1.807) is 6.20 Å². The van der Waals surface area contributed by atoms with Gasteiger partial charge in [0.1, 0.15) is 0 Å². The van der Waals surface area contributed by atoms with E-state index in [9.17, 15) is 0 Å². The van der Waals surface area contributed by atoms with Crippen LogP contribution in [-0.2, 0) is 4.74 Å². The first-order valence-corrected chi connectivity index (χ1v) is 5.64. The lowest BCUT2D eigenvalue weighted by Crippen LogP contribution is -2.15. The molecule has 2 heterocycles. The Balaban J connectivity index is 1.79. The lowest BCUT2D eigenvalue weighted by atomic mass is 10.0. The summed E-state index contributed by atoms with van der Waals surface area (Å²) in [7, 11) is 0. The largest absolute Gasteiger partial charge is 0.378 e. The highest BCUT2D eigenvalue weighted by Crippen LogP contribution is 2.21. The summed E-state index contributed by atoms with van der Waals surface area (Å²) in [4.78, 5) is 4.26. The summed E-state index contributed by atoms with van der Waals surface area (Å²) in [6.45, 7) is 0.920. The minimum Gasteiger partial charge on any atom is -0.378 e. The average Bonchev–Trinajstić information content (AvgIpc) is 2.80. The normalized spacial score (nSPS) is 22.9. The third-order valence-corrected chi connectivity index (χ3v) is 2.89. The highest BCUT2D eigenvalue weighted by Gasteiger charge is 2.17. The molecule has 2 rings (SSSR count). The van der Waals surface area contributed by atoms with Gasteiger partial charge < -0.3 is 10.5 Å². The maximum Gasteiger partial charge on any atom is 0.0576 e. The molecular weight excluding hydrogens is 188 g/mol. The van der Waals surface area contributed by atoms with E-state index in [0.29, 0.717) is 6.10 Å². The Hall–Kier alpha value is -0.930. The number of aromatic nitrogens is 1. The second-order valence-corrected chi connectivity index (χ2v) is 4.07. The lowest BCUT2D eigenvalue weighted by molar-refractivity contribution is 0.101. The fraction of sp³-hybridized carbons (Fsp3) is 0.583. The molecule has 2 atom stereocenters. The van der Waals surface area contributed by atoms with Gasteiger partial charge in [0.2, 0.25) is 0 Å². The maximum atomic E-state index is 6.06. The molecule has 1 aliphatic heterocycles. The van der Waals surface area contributed by atoms with Crippen molar-refractivity contribution in [2.45, 2.75) is 37.8 Å². The summed E-state index contributed by atoms with van der Waals surface area (Å²) in [5.74, 6) is 0. The summed E-state index contributed by atoms with van der Waals surface area (Å²) in [5.41, 5.74) is 7.04. The van der Waals surface area contributed by atoms with Crippen molar-refractivity contribution in [1.29, 1.82) is 0 Å². The van der Waals surface area contributed by atoms with Gasteiger partial charge in [-0.2, -0.15) is 0 Å². The fourth-order valence-electron chi connectivity index (χ4n) is 1.98. The third kappa shape index (κ3) is 3.01. The van der Waals surface area contributed by atoms with Crippen molar-refractivity contribution in [2.24, 2.45) is 5.73 Å². The van der Waals surface area contributed by atoms with E-state index in [4.69, 9.17) is 10.5 Å². The highest BCUT2D eigenvalue weighted by atomic mass is 16.5. The van der Waals surface area contributed by atoms with E-state index in [-0.39, 0.29) is 6.04 Å². The van der Waals surface area contributed by atoms with E-state index < -0.39 is 0 Å². The first-order valence-electron chi connectivity index (χ1n) is 5.64. The van der Waals surface area contributed by atoms with Crippen LogP contribution in [0.1, 0.15) is 37.4 Å². The van der Waals surface area contributed by atoms with Crippen LogP contribution in [0.25, 0.3) is 0 Å². The Bertz CT molecular complexity index is 283. The van der Waals surface area contributed by atoms with Crippen LogP contribution in [-0.4, -0.2) is 17.7 Å². The average molecular weight is 206 g/mol. The Labute approximate surface area is 90.7 Å². The SMILES string of the molecule is NC(CCC1CCCO1)c1ccccn1. The number of hydrogen-bond donors (Lipinski definition) is 1. The van der Waals surface area contributed by atoms with Crippen LogP contribution in [0, 0.1) is 0 Å². The fourth-order valence-corrected chi connectivity index (χ4v) is 1.98. The zero-order valence-corrected chi connectivity index (χ0v) is 8.93. The molecule has 2 N–H and O–H groups in total. The highest BCUT2D eigenvalue weighted by molar-refractivity contribution is 5.07. The van der Waals surface area contributed by atoms with E-state index in [2.05, 4.69) is 4.98 Å². The second-order valence-electron chi connectivity index (χ2n) is 4.07. The number of nitrogens with zero attached hydrogens (tertiary/aromatic N) is 1. The minimum atomic E-state index is 0.0513. The van der Waals surface area contributed by atoms with E-state index in [1.165, 1.54) is 12.8 Å². The maximum absolute atomic E-state index is 6.06. The molecule has 3 nitrogen and oxygen atoms in total. The Morgan fingerprint density at radius 1 is 1.53 bits per heavy atom. The van der Waals surface area contributed by atoms with Gasteiger partial charge in [0, 0.05) is 18.8 Å². The van der Waals surface area contributed by atoms with Gasteiger partial charge in [0.05, 0.1) is 11.8 Å². The molecule has 1 aliphatic rings. The molecule has 0 aliphatic carbocycles. The van der Waals surface area contributed by atoms with E-state index >= 15 is 0 Å². The molecule has 0 bridgehead atoms. The minimum absolute atomic E-state index is 0.0513. The second kappa shape index (κ2) is 5.24. The number of pyridine rings is 1. The molecule has 1 aromatic heterocycles. The monoisotopic (exact) mass is 206 g/mol. The van der Waals surface area contributed by atoms with Crippen molar-refractivity contribution in [3.8, 4) is 0 Å². The van der Waals surface area contributed by atoms with Crippen molar-refractivity contribution in [3.63, 3.8) is 0 Å². The van der Waals surface area contributed by atoms with E-state index in [1.807, 2.05) is 18.2 Å². The van der Waals surface area contributed by atoms with Crippen LogP contribution in [0.2, 0.25) is 0 Å². The summed E-state index contributed by atoms with van der Waals surface area (Å²) in [6, 6.07) is 5.93. The van der Waals surface area contributed by atoms with Gasteiger partial charge in [0.25, 0.3) is 0 Å². The van der Waals surface area contributed by atoms with Gasteiger partial charge in [-0.25, -0.2) is 0 Å². The van der Waals surface area contributed by atoms with Gasteiger partial charge in [-0.3, -0.25) is 4.98 Å². The first kappa shape index (κ1) is 10.6. The Kier molecular flexibility index (Phi) is 3.69. The van der Waals surface area contributed by atoms with Gasteiger partial charge in [-0.1, -0.05) is 6.07 Å². The predicted octanol–water partition coefficient (Wildman–Crippen LogP) is 2.04. The molecule has 15 heavy (non-hydrogen) atoms. The van der Waals surface area contributed by atoms with Crippen molar-refractivity contribution in [1.82, 2.24) is 4.98 Å². The van der Waals surface area contributed by atoms with Crippen molar-refractivity contribution in [3.05, 3.63) is 30.1 Å². The molecule has 1 aromatic rings. The molecule has 1 fully saturated rings. The zero-order chi connectivity index (χ0) is 10.5. The summed E-state index contributed by atoms with van der Waals surface area (Å²) >= 11 is 0. The Morgan fingerprint density at radius 3 is 3.13 bits per heavy atom. The summed E-state index contributed by atoms with van der Waals surface area (Å²) in [6.07, 6.45) is 6.62. The number of ether oxygens (including phenoxy) is 1. The number of nitrogens with two attached hydrogens (primary N) is 1. The van der Waals surface area contributed by atoms with E-state index in [0.717, 1.165) is 25.1 Å². The van der Waals surface area contributed by atoms with Crippen LogP contribution in [0.3, 0.4) is 0 Å². The topological polar surface area (TPSA) is 48.1 Å². The third-order valence-electron chi connectivity index (χ3n) is 2.89. The molecule has 1 saturated heterocycles. The van der Waals surface area contributed by atoms with Crippen molar-refractivity contribution < 1.29 is 4.74 Å². The summed E-state index contributed by atoms with van der Waals surface area (Å²) in [5, 5.41) is 0. The molecule has 0 aromatic carbocycles. The molecule has 0 saturated carbocycles. The van der Waals surface area contributed by atoms with Gasteiger partial charge >= 0.3 is 0 Å². The van der Waals surface area contributed by atoms with Crippen molar-refractivity contribution >= 4 is 0 Å². The molecule has 0 amide bonds. The molecule has 0 radical (unpaired) electrons. The molecule has 0 spiro atoms. The predicted molar refractivity (Wildman–Crippen MR) is 59.4 cm³/mol. The van der Waals surface area contributed by atoms with Crippen LogP contribution in [0.5, 0.6) is 0 Å². The number of rotatable bonds is 4. The quantitative estimate of drug-likeness (QED) is 0.820. The molecule has 82 valence electrons. The van der Waals surface area contributed by atoms with Gasteiger partial charge in [-0.05, 0) is 37.8 Å². The van der Waals surface area contributed by atoms with Crippen LogP contribution in [0.15, 0.2) is 24.4 Å². The summed E-state index contributed by atoms with van der Waals surface area (Å²) < 4.78 is 5.56. The van der Waals surface area contributed by atoms with Gasteiger partial charge in [0.15, 0.2) is 0 Å². The standard InChI is InChI=1S/C12H18N2O/c13-11(12-5-1-2-8-14-12)7-6-10-4-3-9-15-10/h1-2,5,8,10-11H,3-4,6-7,9,13H2. The van der Waals surface area contributed by atoms with Crippen LogP contribution >= 0.6 is 0 Å². The molecular formula is C12H18N2O. The van der Waals surface area contributed by atoms with Gasteiger partial charge in [-0.15, -0.1) is 0 Å². The number of hydrogen-bond acceptors (Lipinski definition) is 3. The van der Waals surface area contributed by atoms with Crippen LogP contribution < -0.4 is 5.73 Å².